The molecule has 0 aromatic carbocycles. The third-order valence-electron chi connectivity index (χ3n) is 1.79. The molecule has 0 spiro atoms. The molecule has 1 N–H and O–H groups in total. The summed E-state index contributed by atoms with van der Waals surface area (Å²) in [5, 5.41) is 11.1. The lowest BCUT2D eigenvalue weighted by molar-refractivity contribution is -0.150. The molecule has 1 atom stereocenters. The molecule has 0 aliphatic rings. The van der Waals surface area contributed by atoms with Gasteiger partial charge in [0.1, 0.15) is 4.88 Å². The summed E-state index contributed by atoms with van der Waals surface area (Å²) in [6.45, 7) is 0. The van der Waals surface area contributed by atoms with E-state index >= 15 is 0 Å². The van der Waals surface area contributed by atoms with Crippen LogP contribution < -0.4 is 0 Å². The summed E-state index contributed by atoms with van der Waals surface area (Å²) in [6.07, 6.45) is -1.45. The molecule has 1 rings (SSSR count). The fourth-order valence-electron chi connectivity index (χ4n) is 1.03. The van der Waals surface area contributed by atoms with Crippen molar-refractivity contribution in [3.63, 3.8) is 0 Å². The minimum absolute atomic E-state index is 0.204. The van der Waals surface area contributed by atoms with Crippen LogP contribution in [0.5, 0.6) is 0 Å². The first-order valence-corrected chi connectivity index (χ1v) is 4.91. The molecule has 5 nitrogen and oxygen atoms in total. The number of hydrogen-bond acceptors (Lipinski definition) is 6. The number of rotatable bonds is 3. The average molecular weight is 230 g/mol. The zero-order chi connectivity index (χ0) is 11.4. The van der Waals surface area contributed by atoms with Crippen LogP contribution in [0.4, 0.5) is 0 Å². The Morgan fingerprint density at radius 1 is 1.40 bits per heavy atom. The van der Waals surface area contributed by atoms with E-state index in [0.717, 1.165) is 18.4 Å². The zero-order valence-electron chi connectivity index (χ0n) is 8.22. The number of methoxy groups -OCH3 is 2. The Balaban J connectivity index is 2.99. The first-order chi connectivity index (χ1) is 7.11. The van der Waals surface area contributed by atoms with Crippen molar-refractivity contribution < 1.29 is 24.2 Å². The molecule has 0 saturated heterocycles. The molecule has 0 bridgehead atoms. The monoisotopic (exact) mass is 230 g/mol. The molecule has 1 unspecified atom stereocenters. The van der Waals surface area contributed by atoms with Crippen molar-refractivity contribution in [1.82, 2.24) is 0 Å². The normalized spacial score (nSPS) is 11.9. The summed E-state index contributed by atoms with van der Waals surface area (Å²) >= 11 is 1.10. The summed E-state index contributed by atoms with van der Waals surface area (Å²) < 4.78 is 8.87. The van der Waals surface area contributed by atoms with Gasteiger partial charge in [0, 0.05) is 5.56 Å². The summed E-state index contributed by atoms with van der Waals surface area (Å²) in [7, 11) is 2.39. The number of aliphatic hydroxyl groups excluding tert-OH is 1. The Kier molecular flexibility index (Phi) is 3.81. The van der Waals surface area contributed by atoms with Gasteiger partial charge < -0.3 is 14.6 Å². The number of aliphatic hydroxyl groups is 1. The number of ether oxygens (including phenoxy) is 2. The van der Waals surface area contributed by atoms with Crippen molar-refractivity contribution in [2.24, 2.45) is 0 Å². The van der Waals surface area contributed by atoms with E-state index in [4.69, 9.17) is 0 Å². The van der Waals surface area contributed by atoms with Crippen molar-refractivity contribution in [3.8, 4) is 0 Å². The van der Waals surface area contributed by atoms with Gasteiger partial charge in [0.25, 0.3) is 0 Å². The minimum Gasteiger partial charge on any atom is -0.467 e. The molecule has 1 aromatic heterocycles. The Labute approximate surface area is 90.2 Å². The van der Waals surface area contributed by atoms with Crippen LogP contribution in [-0.2, 0) is 14.3 Å². The highest BCUT2D eigenvalue weighted by Gasteiger charge is 2.25. The Morgan fingerprint density at radius 3 is 2.60 bits per heavy atom. The number of esters is 2. The van der Waals surface area contributed by atoms with Gasteiger partial charge in [-0.15, -0.1) is 11.3 Å². The predicted octanol–water partition coefficient (Wildman–Crippen LogP) is 0.741. The standard InChI is InChI=1S/C9H10O5S/c1-13-8(11)6(10)5-3-4-15-7(5)9(12)14-2/h3-4,6,10H,1-2H3. The molecule has 0 saturated carbocycles. The van der Waals surface area contributed by atoms with Crippen LogP contribution in [0.15, 0.2) is 11.4 Å². The Hall–Kier alpha value is -1.40. The van der Waals surface area contributed by atoms with Crippen molar-refractivity contribution >= 4 is 23.3 Å². The molecule has 0 aliphatic heterocycles. The number of carbonyl (C=O) groups excluding carboxylic acids is 2. The van der Waals surface area contributed by atoms with Crippen molar-refractivity contribution in [2.45, 2.75) is 6.10 Å². The van der Waals surface area contributed by atoms with Crippen molar-refractivity contribution in [2.75, 3.05) is 14.2 Å². The highest BCUT2D eigenvalue weighted by Crippen LogP contribution is 2.25. The number of thiophene rings is 1. The van der Waals surface area contributed by atoms with E-state index in [1.165, 1.54) is 13.2 Å². The Bertz CT molecular complexity index is 370. The molecule has 1 aromatic rings. The first-order valence-electron chi connectivity index (χ1n) is 4.03. The van der Waals surface area contributed by atoms with Gasteiger partial charge in [0.15, 0.2) is 6.10 Å². The summed E-state index contributed by atoms with van der Waals surface area (Å²) in [5.74, 6) is -1.39. The lowest BCUT2D eigenvalue weighted by atomic mass is 10.1. The molecule has 6 heteroatoms. The van der Waals surface area contributed by atoms with Crippen LogP contribution in [-0.4, -0.2) is 31.3 Å². The number of hydrogen-bond donors (Lipinski definition) is 1. The van der Waals surface area contributed by atoms with E-state index in [9.17, 15) is 14.7 Å². The van der Waals surface area contributed by atoms with E-state index < -0.39 is 18.0 Å². The molecular formula is C9H10O5S. The summed E-state index contributed by atoms with van der Waals surface area (Å²) in [4.78, 5) is 22.5. The van der Waals surface area contributed by atoms with E-state index in [1.807, 2.05) is 0 Å². The van der Waals surface area contributed by atoms with E-state index in [2.05, 4.69) is 9.47 Å². The first kappa shape index (κ1) is 11.7. The lowest BCUT2D eigenvalue weighted by Crippen LogP contribution is -2.15. The lowest BCUT2D eigenvalue weighted by Gasteiger charge is -2.08. The largest absolute Gasteiger partial charge is 0.467 e. The number of carbonyl (C=O) groups is 2. The molecule has 0 radical (unpaired) electrons. The molecular weight excluding hydrogens is 220 g/mol. The van der Waals surface area contributed by atoms with Crippen LogP contribution in [0.3, 0.4) is 0 Å². The fourth-order valence-corrected chi connectivity index (χ4v) is 1.88. The van der Waals surface area contributed by atoms with Gasteiger partial charge in [0.05, 0.1) is 14.2 Å². The van der Waals surface area contributed by atoms with Gasteiger partial charge >= 0.3 is 11.9 Å². The fraction of sp³-hybridized carbons (Fsp3) is 0.333. The van der Waals surface area contributed by atoms with Gasteiger partial charge in [-0.05, 0) is 11.4 Å². The SMILES string of the molecule is COC(=O)c1sccc1C(O)C(=O)OC. The van der Waals surface area contributed by atoms with Gasteiger partial charge in [-0.3, -0.25) is 0 Å². The Morgan fingerprint density at radius 2 is 2.07 bits per heavy atom. The second-order valence-corrected chi connectivity index (χ2v) is 3.54. The van der Waals surface area contributed by atoms with Gasteiger partial charge in [0.2, 0.25) is 0 Å². The van der Waals surface area contributed by atoms with Crippen LogP contribution in [0, 0.1) is 0 Å². The molecule has 0 amide bonds. The van der Waals surface area contributed by atoms with Gasteiger partial charge in [-0.2, -0.15) is 0 Å². The van der Waals surface area contributed by atoms with Gasteiger partial charge in [-0.25, -0.2) is 9.59 Å². The zero-order valence-corrected chi connectivity index (χ0v) is 9.04. The molecule has 82 valence electrons. The molecule has 15 heavy (non-hydrogen) atoms. The average Bonchev–Trinajstić information content (AvgIpc) is 2.74. The quantitative estimate of drug-likeness (QED) is 0.775. The van der Waals surface area contributed by atoms with Crippen LogP contribution in [0.25, 0.3) is 0 Å². The minimum atomic E-state index is -1.45. The summed E-state index contributed by atoms with van der Waals surface area (Å²) in [6, 6.07) is 1.48. The third-order valence-corrected chi connectivity index (χ3v) is 2.70. The summed E-state index contributed by atoms with van der Waals surface area (Å²) in [5.41, 5.74) is 0.207. The molecule has 0 aliphatic carbocycles. The van der Waals surface area contributed by atoms with Crippen LogP contribution in [0.2, 0.25) is 0 Å². The molecule has 0 fully saturated rings. The second-order valence-electron chi connectivity index (χ2n) is 2.62. The third kappa shape index (κ3) is 2.34. The maximum absolute atomic E-state index is 11.2. The maximum atomic E-state index is 11.2. The van der Waals surface area contributed by atoms with Crippen LogP contribution >= 0.6 is 11.3 Å². The van der Waals surface area contributed by atoms with E-state index in [-0.39, 0.29) is 10.4 Å². The highest BCUT2D eigenvalue weighted by atomic mass is 32.1. The van der Waals surface area contributed by atoms with Crippen molar-refractivity contribution in [3.05, 3.63) is 21.9 Å². The van der Waals surface area contributed by atoms with E-state index in [0.29, 0.717) is 0 Å². The molecule has 1 heterocycles. The smallest absolute Gasteiger partial charge is 0.348 e. The van der Waals surface area contributed by atoms with Crippen LogP contribution in [0.1, 0.15) is 21.3 Å². The van der Waals surface area contributed by atoms with Gasteiger partial charge in [-0.1, -0.05) is 0 Å². The predicted molar refractivity (Wildman–Crippen MR) is 52.6 cm³/mol. The maximum Gasteiger partial charge on any atom is 0.348 e. The topological polar surface area (TPSA) is 72.8 Å². The van der Waals surface area contributed by atoms with Crippen molar-refractivity contribution in [1.29, 1.82) is 0 Å². The highest BCUT2D eigenvalue weighted by molar-refractivity contribution is 7.12. The van der Waals surface area contributed by atoms with E-state index in [1.54, 1.807) is 5.38 Å². The second kappa shape index (κ2) is 4.90.